The van der Waals surface area contributed by atoms with E-state index in [2.05, 4.69) is 29.6 Å². The molecule has 2 unspecified atom stereocenters. The highest BCUT2D eigenvalue weighted by Gasteiger charge is 2.49. The van der Waals surface area contributed by atoms with Crippen molar-refractivity contribution in [3.05, 3.63) is 16.1 Å². The fourth-order valence-electron chi connectivity index (χ4n) is 2.24. The minimum atomic E-state index is 0.376. The molecule has 84 valence electrons. The Morgan fingerprint density at radius 1 is 1.73 bits per heavy atom. The van der Waals surface area contributed by atoms with Gasteiger partial charge in [0.1, 0.15) is 0 Å². The van der Waals surface area contributed by atoms with Crippen molar-refractivity contribution in [1.29, 1.82) is 0 Å². The first-order valence-corrected chi connectivity index (χ1v) is 6.28. The molecular formula is C11H19N3S. The predicted molar refractivity (Wildman–Crippen MR) is 63.6 cm³/mol. The van der Waals surface area contributed by atoms with Gasteiger partial charge in [-0.2, -0.15) is 0 Å². The van der Waals surface area contributed by atoms with Crippen LogP contribution in [0, 0.1) is 18.3 Å². The van der Waals surface area contributed by atoms with Crippen LogP contribution in [0.2, 0.25) is 0 Å². The van der Waals surface area contributed by atoms with Crippen LogP contribution in [0.4, 0.5) is 0 Å². The third kappa shape index (κ3) is 2.38. The second kappa shape index (κ2) is 3.85. The quantitative estimate of drug-likeness (QED) is 0.607. The van der Waals surface area contributed by atoms with E-state index in [0.717, 1.165) is 11.4 Å². The zero-order chi connectivity index (χ0) is 11.1. The van der Waals surface area contributed by atoms with Gasteiger partial charge in [-0.15, -0.1) is 11.3 Å². The molecule has 2 atom stereocenters. The van der Waals surface area contributed by atoms with Crippen molar-refractivity contribution < 1.29 is 0 Å². The van der Waals surface area contributed by atoms with Crippen LogP contribution in [0.15, 0.2) is 5.38 Å². The average molecular weight is 225 g/mol. The zero-order valence-electron chi connectivity index (χ0n) is 9.58. The van der Waals surface area contributed by atoms with Crippen LogP contribution in [0.25, 0.3) is 0 Å². The van der Waals surface area contributed by atoms with Crippen LogP contribution in [0.5, 0.6) is 0 Å². The summed E-state index contributed by atoms with van der Waals surface area (Å²) in [5.74, 6) is 6.31. The molecule has 4 heteroatoms. The SMILES string of the molecule is Cc1nc(CC(NN)C2CC2(C)C)cs1. The number of thiazole rings is 1. The summed E-state index contributed by atoms with van der Waals surface area (Å²) < 4.78 is 0. The molecule has 0 amide bonds. The number of hydrogen-bond donors (Lipinski definition) is 2. The Kier molecular flexibility index (Phi) is 2.83. The average Bonchev–Trinajstić information content (AvgIpc) is 2.59. The number of hydrogen-bond acceptors (Lipinski definition) is 4. The van der Waals surface area contributed by atoms with Crippen molar-refractivity contribution in [2.75, 3.05) is 0 Å². The highest BCUT2D eigenvalue weighted by Crippen LogP contribution is 2.53. The lowest BCUT2D eigenvalue weighted by molar-refractivity contribution is 0.406. The van der Waals surface area contributed by atoms with Crippen LogP contribution >= 0.6 is 11.3 Å². The lowest BCUT2D eigenvalue weighted by atomic mass is 10.0. The number of aryl methyl sites for hydroxylation is 1. The smallest absolute Gasteiger partial charge is 0.0897 e. The molecule has 0 bridgehead atoms. The van der Waals surface area contributed by atoms with Gasteiger partial charge in [-0.25, -0.2) is 4.98 Å². The Morgan fingerprint density at radius 3 is 2.80 bits per heavy atom. The first-order valence-electron chi connectivity index (χ1n) is 5.40. The lowest BCUT2D eigenvalue weighted by Gasteiger charge is -2.16. The molecule has 1 heterocycles. The summed E-state index contributed by atoms with van der Waals surface area (Å²) in [5.41, 5.74) is 4.57. The molecule has 0 radical (unpaired) electrons. The summed E-state index contributed by atoms with van der Waals surface area (Å²) in [5, 5.41) is 3.27. The minimum Gasteiger partial charge on any atom is -0.271 e. The molecule has 0 aliphatic heterocycles. The molecular weight excluding hydrogens is 206 g/mol. The summed E-state index contributed by atoms with van der Waals surface area (Å²) in [4.78, 5) is 4.48. The van der Waals surface area contributed by atoms with Crippen molar-refractivity contribution in [2.24, 2.45) is 17.2 Å². The van der Waals surface area contributed by atoms with E-state index in [1.54, 1.807) is 11.3 Å². The maximum atomic E-state index is 5.62. The third-order valence-corrected chi connectivity index (χ3v) is 4.21. The predicted octanol–water partition coefficient (Wildman–Crippen LogP) is 1.87. The third-order valence-electron chi connectivity index (χ3n) is 3.39. The lowest BCUT2D eigenvalue weighted by Crippen LogP contribution is -2.39. The van der Waals surface area contributed by atoms with Gasteiger partial charge in [0.05, 0.1) is 10.7 Å². The molecule has 1 aliphatic carbocycles. The Labute approximate surface area is 95.1 Å². The molecule has 0 saturated heterocycles. The van der Waals surface area contributed by atoms with Gasteiger partial charge in [-0.05, 0) is 24.7 Å². The van der Waals surface area contributed by atoms with Crippen LogP contribution in [-0.2, 0) is 6.42 Å². The van der Waals surface area contributed by atoms with E-state index in [1.165, 1.54) is 12.1 Å². The summed E-state index contributed by atoms with van der Waals surface area (Å²) in [7, 11) is 0. The molecule has 1 aliphatic rings. The van der Waals surface area contributed by atoms with Gasteiger partial charge >= 0.3 is 0 Å². The van der Waals surface area contributed by atoms with E-state index in [0.29, 0.717) is 17.4 Å². The van der Waals surface area contributed by atoms with E-state index in [-0.39, 0.29) is 0 Å². The van der Waals surface area contributed by atoms with Crippen molar-refractivity contribution in [1.82, 2.24) is 10.4 Å². The Morgan fingerprint density at radius 2 is 2.40 bits per heavy atom. The fourth-order valence-corrected chi connectivity index (χ4v) is 2.86. The molecule has 1 aromatic rings. The molecule has 3 nitrogen and oxygen atoms in total. The summed E-state index contributed by atoms with van der Waals surface area (Å²) in [6.07, 6.45) is 2.22. The van der Waals surface area contributed by atoms with E-state index in [9.17, 15) is 0 Å². The largest absolute Gasteiger partial charge is 0.271 e. The van der Waals surface area contributed by atoms with E-state index < -0.39 is 0 Å². The van der Waals surface area contributed by atoms with Crippen molar-refractivity contribution in [3.8, 4) is 0 Å². The first-order chi connectivity index (χ1) is 7.03. The Hall–Kier alpha value is -0.450. The molecule has 15 heavy (non-hydrogen) atoms. The van der Waals surface area contributed by atoms with Gasteiger partial charge < -0.3 is 0 Å². The number of rotatable bonds is 4. The second-order valence-corrected chi connectivity index (χ2v) is 6.20. The highest BCUT2D eigenvalue weighted by molar-refractivity contribution is 7.09. The summed E-state index contributed by atoms with van der Waals surface area (Å²) in [6, 6.07) is 0.376. The van der Waals surface area contributed by atoms with Crippen LogP contribution in [0.3, 0.4) is 0 Å². The van der Waals surface area contributed by atoms with Crippen LogP contribution < -0.4 is 11.3 Å². The number of hydrazine groups is 1. The van der Waals surface area contributed by atoms with E-state index >= 15 is 0 Å². The number of aromatic nitrogens is 1. The van der Waals surface area contributed by atoms with Gasteiger partial charge in [0, 0.05) is 17.8 Å². The maximum absolute atomic E-state index is 5.62. The van der Waals surface area contributed by atoms with Crippen molar-refractivity contribution >= 4 is 11.3 Å². The standard InChI is InChI=1S/C11H19N3S/c1-7-13-8(6-15-7)4-10(14-12)9-5-11(9,2)3/h6,9-10,14H,4-5,12H2,1-3H3. The summed E-state index contributed by atoms with van der Waals surface area (Å²) >= 11 is 1.71. The maximum Gasteiger partial charge on any atom is 0.0897 e. The molecule has 1 aromatic heterocycles. The minimum absolute atomic E-state index is 0.376. The molecule has 1 fully saturated rings. The molecule has 3 N–H and O–H groups in total. The normalized spacial score (nSPS) is 25.2. The fraction of sp³-hybridized carbons (Fsp3) is 0.727. The van der Waals surface area contributed by atoms with Crippen LogP contribution in [-0.4, -0.2) is 11.0 Å². The highest BCUT2D eigenvalue weighted by atomic mass is 32.1. The monoisotopic (exact) mass is 225 g/mol. The van der Waals surface area contributed by atoms with Gasteiger partial charge in [-0.3, -0.25) is 11.3 Å². The Bertz CT molecular complexity index is 345. The van der Waals surface area contributed by atoms with Crippen molar-refractivity contribution in [3.63, 3.8) is 0 Å². The van der Waals surface area contributed by atoms with Crippen molar-refractivity contribution in [2.45, 2.75) is 39.7 Å². The van der Waals surface area contributed by atoms with Crippen LogP contribution in [0.1, 0.15) is 31.0 Å². The van der Waals surface area contributed by atoms with Gasteiger partial charge in [0.2, 0.25) is 0 Å². The molecule has 0 spiro atoms. The molecule has 0 aromatic carbocycles. The summed E-state index contributed by atoms with van der Waals surface area (Å²) in [6.45, 7) is 6.64. The first kappa shape index (κ1) is 11.0. The zero-order valence-corrected chi connectivity index (χ0v) is 10.4. The van der Waals surface area contributed by atoms with Gasteiger partial charge in [0.25, 0.3) is 0 Å². The topological polar surface area (TPSA) is 50.9 Å². The number of nitrogens with zero attached hydrogens (tertiary/aromatic N) is 1. The van der Waals surface area contributed by atoms with E-state index in [4.69, 9.17) is 5.84 Å². The second-order valence-electron chi connectivity index (χ2n) is 5.13. The Balaban J connectivity index is 1.98. The van der Waals surface area contributed by atoms with E-state index in [1.807, 2.05) is 6.92 Å². The van der Waals surface area contributed by atoms with Gasteiger partial charge in [-0.1, -0.05) is 13.8 Å². The number of nitrogens with one attached hydrogen (secondary N) is 1. The number of nitrogens with two attached hydrogens (primary N) is 1. The molecule has 1 saturated carbocycles. The molecule has 2 rings (SSSR count). The van der Waals surface area contributed by atoms with Gasteiger partial charge in [0.15, 0.2) is 0 Å².